The van der Waals surface area contributed by atoms with E-state index < -0.39 is 12.0 Å². The summed E-state index contributed by atoms with van der Waals surface area (Å²) in [5.74, 6) is 0.298. The van der Waals surface area contributed by atoms with Gasteiger partial charge in [0.1, 0.15) is 6.04 Å². The second kappa shape index (κ2) is 9.82. The molecule has 0 radical (unpaired) electrons. The minimum absolute atomic E-state index is 0.0702. The van der Waals surface area contributed by atoms with E-state index in [1.54, 1.807) is 19.1 Å². The molecule has 164 valence electrons. The maximum absolute atomic E-state index is 12.7. The number of nitrogens with zero attached hydrogens (tertiary/aromatic N) is 1. The zero-order valence-corrected chi connectivity index (χ0v) is 17.9. The molecule has 1 atom stereocenters. The highest BCUT2D eigenvalue weighted by Crippen LogP contribution is 2.33. The van der Waals surface area contributed by atoms with Gasteiger partial charge in [0.25, 0.3) is 5.91 Å². The molecule has 2 aliphatic rings. The van der Waals surface area contributed by atoms with E-state index in [9.17, 15) is 14.4 Å². The summed E-state index contributed by atoms with van der Waals surface area (Å²) < 4.78 is 16.0. The summed E-state index contributed by atoms with van der Waals surface area (Å²) in [5.41, 5.74) is 2.10. The minimum Gasteiger partial charge on any atom is -0.493 e. The second-order valence-corrected chi connectivity index (χ2v) is 7.87. The molecule has 1 aromatic rings. The van der Waals surface area contributed by atoms with Crippen molar-refractivity contribution in [2.24, 2.45) is 5.92 Å². The molecule has 1 aromatic carbocycles. The van der Waals surface area contributed by atoms with Crippen molar-refractivity contribution in [1.82, 2.24) is 10.2 Å². The maximum Gasteiger partial charge on any atom is 0.329 e. The molecule has 8 heteroatoms. The fourth-order valence-electron chi connectivity index (χ4n) is 4.29. The lowest BCUT2D eigenvalue weighted by atomic mass is 9.98. The lowest BCUT2D eigenvalue weighted by Gasteiger charge is -2.30. The maximum atomic E-state index is 12.7. The van der Waals surface area contributed by atoms with E-state index in [2.05, 4.69) is 5.32 Å². The fraction of sp³-hybridized carbons (Fsp3) is 0.591. The number of carbonyl (C=O) groups excluding carboxylic acids is 3. The second-order valence-electron chi connectivity index (χ2n) is 7.87. The van der Waals surface area contributed by atoms with Gasteiger partial charge in [0.05, 0.1) is 14.2 Å². The number of methoxy groups -OCH3 is 2. The van der Waals surface area contributed by atoms with Gasteiger partial charge in [-0.3, -0.25) is 9.59 Å². The molecule has 3 rings (SSSR count). The number of nitrogens with one attached hydrogen (secondary N) is 1. The van der Waals surface area contributed by atoms with Crippen molar-refractivity contribution >= 4 is 17.8 Å². The van der Waals surface area contributed by atoms with Crippen LogP contribution in [-0.2, 0) is 32.1 Å². The highest BCUT2D eigenvalue weighted by molar-refractivity contribution is 5.86. The molecule has 30 heavy (non-hydrogen) atoms. The molecule has 0 spiro atoms. The van der Waals surface area contributed by atoms with Crippen LogP contribution >= 0.6 is 0 Å². The fourth-order valence-corrected chi connectivity index (χ4v) is 4.29. The van der Waals surface area contributed by atoms with Crippen LogP contribution in [0.25, 0.3) is 0 Å². The number of hydrogen-bond donors (Lipinski definition) is 1. The number of hydrogen-bond acceptors (Lipinski definition) is 6. The van der Waals surface area contributed by atoms with Crippen molar-refractivity contribution in [1.29, 1.82) is 0 Å². The topological polar surface area (TPSA) is 94.2 Å². The Labute approximate surface area is 176 Å². The van der Waals surface area contributed by atoms with E-state index in [0.717, 1.165) is 36.8 Å². The molecule has 1 saturated carbocycles. The Morgan fingerprint density at radius 3 is 2.33 bits per heavy atom. The molecule has 0 saturated heterocycles. The lowest BCUT2D eigenvalue weighted by molar-refractivity contribution is -0.156. The van der Waals surface area contributed by atoms with Gasteiger partial charge in [-0.1, -0.05) is 12.8 Å². The Hall–Kier alpha value is -2.77. The average molecular weight is 418 g/mol. The third-order valence-corrected chi connectivity index (χ3v) is 5.89. The van der Waals surface area contributed by atoms with Crippen LogP contribution in [0.5, 0.6) is 11.5 Å². The zero-order valence-electron chi connectivity index (χ0n) is 17.9. The Morgan fingerprint density at radius 1 is 1.10 bits per heavy atom. The van der Waals surface area contributed by atoms with Crippen LogP contribution in [0.3, 0.4) is 0 Å². The van der Waals surface area contributed by atoms with Gasteiger partial charge in [-0.15, -0.1) is 0 Å². The number of esters is 1. The van der Waals surface area contributed by atoms with E-state index in [1.807, 2.05) is 12.1 Å². The van der Waals surface area contributed by atoms with Crippen molar-refractivity contribution in [2.45, 2.75) is 51.6 Å². The number of rotatable bonds is 7. The van der Waals surface area contributed by atoms with Crippen LogP contribution in [0.1, 0.15) is 43.7 Å². The SMILES string of the molecule is COc1cc2c(cc1OC)CN(C(=O)COC(=O)C(NC(C)=O)C1CCCC1)CC2. The molecule has 1 unspecified atom stereocenters. The molecule has 1 heterocycles. The van der Waals surface area contributed by atoms with Gasteiger partial charge < -0.3 is 24.4 Å². The van der Waals surface area contributed by atoms with Crippen LogP contribution in [-0.4, -0.2) is 56.1 Å². The smallest absolute Gasteiger partial charge is 0.329 e. The Kier molecular flexibility index (Phi) is 7.18. The van der Waals surface area contributed by atoms with E-state index >= 15 is 0 Å². The summed E-state index contributed by atoms with van der Waals surface area (Å²) in [6.45, 7) is 2.01. The predicted octanol–water partition coefficient (Wildman–Crippen LogP) is 1.83. The van der Waals surface area contributed by atoms with E-state index in [0.29, 0.717) is 31.0 Å². The molecular formula is C22H30N2O6. The number of carbonyl (C=O) groups is 3. The first-order chi connectivity index (χ1) is 14.4. The molecule has 1 aliphatic carbocycles. The summed E-state index contributed by atoms with van der Waals surface area (Å²) in [5, 5.41) is 2.70. The minimum atomic E-state index is -0.684. The van der Waals surface area contributed by atoms with Crippen LogP contribution in [0.15, 0.2) is 12.1 Å². The molecule has 1 fully saturated rings. The first-order valence-electron chi connectivity index (χ1n) is 10.4. The molecule has 0 aromatic heterocycles. The Balaban J connectivity index is 1.59. The average Bonchev–Trinajstić information content (AvgIpc) is 3.28. The van der Waals surface area contributed by atoms with Gasteiger partial charge in [0.2, 0.25) is 5.91 Å². The number of fused-ring (bicyclic) bond motifs is 1. The van der Waals surface area contributed by atoms with Crippen molar-refractivity contribution in [3.8, 4) is 11.5 Å². The van der Waals surface area contributed by atoms with Crippen LogP contribution in [0.2, 0.25) is 0 Å². The highest BCUT2D eigenvalue weighted by Gasteiger charge is 2.33. The predicted molar refractivity (Wildman–Crippen MR) is 109 cm³/mol. The van der Waals surface area contributed by atoms with Gasteiger partial charge in [0.15, 0.2) is 18.1 Å². The standard InChI is InChI=1S/C22H30N2O6/c1-14(25)23-21(15-6-4-5-7-15)22(27)30-13-20(26)24-9-8-16-10-18(28-2)19(29-3)11-17(16)12-24/h10-11,15,21H,4-9,12-13H2,1-3H3,(H,23,25). The molecule has 2 amide bonds. The molecule has 1 aliphatic heterocycles. The summed E-state index contributed by atoms with van der Waals surface area (Å²) in [7, 11) is 3.17. The quantitative estimate of drug-likeness (QED) is 0.679. The van der Waals surface area contributed by atoms with Gasteiger partial charge >= 0.3 is 5.97 Å². The monoisotopic (exact) mass is 418 g/mol. The van der Waals surface area contributed by atoms with Gasteiger partial charge in [-0.2, -0.15) is 0 Å². The first-order valence-corrected chi connectivity index (χ1v) is 10.4. The van der Waals surface area contributed by atoms with E-state index in [4.69, 9.17) is 14.2 Å². The van der Waals surface area contributed by atoms with Crippen LogP contribution in [0, 0.1) is 5.92 Å². The molecular weight excluding hydrogens is 388 g/mol. The van der Waals surface area contributed by atoms with Crippen LogP contribution < -0.4 is 14.8 Å². The molecule has 0 bridgehead atoms. The normalized spacial score (nSPS) is 17.1. The van der Waals surface area contributed by atoms with Crippen LogP contribution in [0.4, 0.5) is 0 Å². The largest absolute Gasteiger partial charge is 0.493 e. The van der Waals surface area contributed by atoms with E-state index in [1.165, 1.54) is 6.92 Å². The van der Waals surface area contributed by atoms with Crippen molar-refractivity contribution < 1.29 is 28.6 Å². The summed E-state index contributed by atoms with van der Waals surface area (Å²) in [6, 6.07) is 3.14. The summed E-state index contributed by atoms with van der Waals surface area (Å²) in [6.07, 6.45) is 4.51. The van der Waals surface area contributed by atoms with E-state index in [-0.39, 0.29) is 24.3 Å². The van der Waals surface area contributed by atoms with Crippen molar-refractivity contribution in [3.05, 3.63) is 23.3 Å². The Bertz CT molecular complexity index is 803. The first kappa shape index (κ1) is 21.9. The molecule has 1 N–H and O–H groups in total. The van der Waals surface area contributed by atoms with Gasteiger partial charge in [-0.05, 0) is 48.4 Å². The number of ether oxygens (including phenoxy) is 3. The number of benzene rings is 1. The van der Waals surface area contributed by atoms with Crippen molar-refractivity contribution in [2.75, 3.05) is 27.4 Å². The number of amides is 2. The van der Waals surface area contributed by atoms with Crippen molar-refractivity contribution in [3.63, 3.8) is 0 Å². The van der Waals surface area contributed by atoms with Gasteiger partial charge in [-0.25, -0.2) is 4.79 Å². The summed E-state index contributed by atoms with van der Waals surface area (Å²) in [4.78, 5) is 38.4. The third kappa shape index (κ3) is 5.04. The third-order valence-electron chi connectivity index (χ3n) is 5.89. The van der Waals surface area contributed by atoms with Gasteiger partial charge in [0, 0.05) is 20.0 Å². The zero-order chi connectivity index (χ0) is 21.7. The summed E-state index contributed by atoms with van der Waals surface area (Å²) >= 11 is 0. The molecule has 8 nitrogen and oxygen atoms in total. The lowest BCUT2D eigenvalue weighted by Crippen LogP contribution is -2.46. The highest BCUT2D eigenvalue weighted by atomic mass is 16.5. The Morgan fingerprint density at radius 2 is 1.73 bits per heavy atom.